The van der Waals surface area contributed by atoms with Crippen molar-refractivity contribution in [3.05, 3.63) is 70.8 Å². The van der Waals surface area contributed by atoms with Crippen LogP contribution in [0.15, 0.2) is 48.5 Å². The van der Waals surface area contributed by atoms with E-state index in [1.54, 1.807) is 0 Å². The molecule has 19 heavy (non-hydrogen) atoms. The average molecular weight is 251 g/mol. The summed E-state index contributed by atoms with van der Waals surface area (Å²) < 4.78 is 0. The zero-order chi connectivity index (χ0) is 13.2. The number of nitrogens with one attached hydrogen (secondary N) is 1. The lowest BCUT2D eigenvalue weighted by Gasteiger charge is -2.20. The maximum Gasteiger partial charge on any atom is 0.0355 e. The van der Waals surface area contributed by atoms with E-state index >= 15 is 0 Å². The first kappa shape index (κ1) is 12.4. The number of aryl methyl sites for hydroxylation is 1. The van der Waals surface area contributed by atoms with Gasteiger partial charge in [0.15, 0.2) is 0 Å². The van der Waals surface area contributed by atoms with Gasteiger partial charge in [-0.1, -0.05) is 48.5 Å². The molecule has 2 aromatic rings. The van der Waals surface area contributed by atoms with Crippen molar-refractivity contribution in [1.29, 1.82) is 0 Å². The minimum Gasteiger partial charge on any atom is -0.313 e. The summed E-state index contributed by atoms with van der Waals surface area (Å²) in [6.45, 7) is 2.21. The molecule has 1 nitrogen and oxygen atoms in total. The van der Waals surface area contributed by atoms with Crippen LogP contribution in [-0.2, 0) is 12.8 Å². The third-order valence-electron chi connectivity index (χ3n) is 4.40. The van der Waals surface area contributed by atoms with Gasteiger partial charge in [0.1, 0.15) is 0 Å². The number of fused-ring (bicyclic) bond motifs is 1. The molecule has 0 aliphatic heterocycles. The first-order valence-corrected chi connectivity index (χ1v) is 7.09. The molecule has 0 amide bonds. The minimum absolute atomic E-state index is 0.496. The second kappa shape index (κ2) is 5.18. The molecule has 0 bridgehead atoms. The molecule has 0 saturated heterocycles. The highest BCUT2D eigenvalue weighted by Crippen LogP contribution is 2.37. The first-order chi connectivity index (χ1) is 9.29. The van der Waals surface area contributed by atoms with Gasteiger partial charge in [-0.3, -0.25) is 0 Å². The Bertz CT molecular complexity index is 573. The molecular formula is C18H21N. The van der Waals surface area contributed by atoms with E-state index in [1.165, 1.54) is 28.7 Å². The third kappa shape index (κ3) is 2.31. The van der Waals surface area contributed by atoms with Gasteiger partial charge in [-0.05, 0) is 55.0 Å². The van der Waals surface area contributed by atoms with E-state index in [9.17, 15) is 0 Å². The van der Waals surface area contributed by atoms with Crippen LogP contribution in [0.2, 0.25) is 0 Å². The first-order valence-electron chi connectivity index (χ1n) is 7.09. The van der Waals surface area contributed by atoms with Crippen molar-refractivity contribution in [3.63, 3.8) is 0 Å². The molecule has 1 N–H and O–H groups in total. The molecule has 1 heteroatoms. The smallest absolute Gasteiger partial charge is 0.0355 e. The fourth-order valence-corrected chi connectivity index (χ4v) is 3.38. The number of benzene rings is 2. The normalized spacial score (nSPS) is 21.4. The molecule has 0 heterocycles. The van der Waals surface area contributed by atoms with E-state index < -0.39 is 0 Å². The SMILES string of the molecule is CNC1c2ccccc2CC1Cc1ccccc1C. The lowest BCUT2D eigenvalue weighted by molar-refractivity contribution is 0.410. The predicted octanol–water partition coefficient (Wildman–Crippen LogP) is 3.67. The molecule has 98 valence electrons. The largest absolute Gasteiger partial charge is 0.313 e. The van der Waals surface area contributed by atoms with Crippen LogP contribution in [0.3, 0.4) is 0 Å². The van der Waals surface area contributed by atoms with Gasteiger partial charge < -0.3 is 5.32 Å². The van der Waals surface area contributed by atoms with Gasteiger partial charge in [0.05, 0.1) is 0 Å². The Morgan fingerprint density at radius 1 is 1.05 bits per heavy atom. The average Bonchev–Trinajstić information content (AvgIpc) is 2.78. The molecule has 0 saturated carbocycles. The van der Waals surface area contributed by atoms with Crippen molar-refractivity contribution in [2.75, 3.05) is 7.05 Å². The Kier molecular flexibility index (Phi) is 3.39. The van der Waals surface area contributed by atoms with Gasteiger partial charge in [-0.25, -0.2) is 0 Å². The second-order valence-electron chi connectivity index (χ2n) is 5.56. The molecule has 2 atom stereocenters. The molecule has 0 fully saturated rings. The van der Waals surface area contributed by atoms with Gasteiger partial charge >= 0.3 is 0 Å². The summed E-state index contributed by atoms with van der Waals surface area (Å²) in [6.07, 6.45) is 2.35. The zero-order valence-electron chi connectivity index (χ0n) is 11.7. The lowest BCUT2D eigenvalue weighted by Crippen LogP contribution is -2.23. The zero-order valence-corrected chi connectivity index (χ0v) is 11.7. The summed E-state index contributed by atoms with van der Waals surface area (Å²) in [7, 11) is 2.08. The Balaban J connectivity index is 1.86. The van der Waals surface area contributed by atoms with E-state index in [0.29, 0.717) is 12.0 Å². The van der Waals surface area contributed by atoms with Gasteiger partial charge in [0, 0.05) is 6.04 Å². The van der Waals surface area contributed by atoms with E-state index in [2.05, 4.69) is 67.8 Å². The fraction of sp³-hybridized carbons (Fsp3) is 0.333. The highest BCUT2D eigenvalue weighted by molar-refractivity contribution is 5.37. The van der Waals surface area contributed by atoms with Crippen molar-refractivity contribution in [3.8, 4) is 0 Å². The lowest BCUT2D eigenvalue weighted by atomic mass is 9.91. The fourth-order valence-electron chi connectivity index (χ4n) is 3.38. The van der Waals surface area contributed by atoms with Crippen molar-refractivity contribution in [2.45, 2.75) is 25.8 Å². The van der Waals surface area contributed by atoms with Crippen LogP contribution < -0.4 is 5.32 Å². The van der Waals surface area contributed by atoms with E-state index in [0.717, 1.165) is 6.42 Å². The Morgan fingerprint density at radius 3 is 2.58 bits per heavy atom. The van der Waals surface area contributed by atoms with Crippen LogP contribution in [-0.4, -0.2) is 7.05 Å². The van der Waals surface area contributed by atoms with Crippen molar-refractivity contribution < 1.29 is 0 Å². The van der Waals surface area contributed by atoms with Crippen LogP contribution in [0, 0.1) is 12.8 Å². The van der Waals surface area contributed by atoms with Crippen LogP contribution in [0.4, 0.5) is 0 Å². The maximum absolute atomic E-state index is 3.51. The van der Waals surface area contributed by atoms with Crippen LogP contribution >= 0.6 is 0 Å². The Labute approximate surface area is 115 Å². The standard InChI is InChI=1S/C18H21N/c1-13-7-3-4-8-14(13)11-16-12-15-9-5-6-10-17(15)18(16)19-2/h3-10,16,18-19H,11-12H2,1-2H3. The van der Waals surface area contributed by atoms with Crippen LogP contribution in [0.25, 0.3) is 0 Å². The monoisotopic (exact) mass is 251 g/mol. The maximum atomic E-state index is 3.51. The molecule has 2 aromatic carbocycles. The Morgan fingerprint density at radius 2 is 1.79 bits per heavy atom. The number of hydrogen-bond donors (Lipinski definition) is 1. The van der Waals surface area contributed by atoms with Gasteiger partial charge in [-0.15, -0.1) is 0 Å². The molecule has 1 aliphatic carbocycles. The predicted molar refractivity (Wildman–Crippen MR) is 80.3 cm³/mol. The Hall–Kier alpha value is -1.60. The summed E-state index contributed by atoms with van der Waals surface area (Å²) in [5, 5.41) is 3.51. The van der Waals surface area contributed by atoms with Crippen molar-refractivity contribution in [1.82, 2.24) is 5.32 Å². The van der Waals surface area contributed by atoms with E-state index in [1.807, 2.05) is 0 Å². The number of hydrogen-bond acceptors (Lipinski definition) is 1. The van der Waals surface area contributed by atoms with Gasteiger partial charge in [0.2, 0.25) is 0 Å². The minimum atomic E-state index is 0.496. The summed E-state index contributed by atoms with van der Waals surface area (Å²) in [5.74, 6) is 0.670. The number of rotatable bonds is 3. The van der Waals surface area contributed by atoms with E-state index in [-0.39, 0.29) is 0 Å². The second-order valence-corrected chi connectivity index (χ2v) is 5.56. The van der Waals surface area contributed by atoms with Crippen molar-refractivity contribution in [2.24, 2.45) is 5.92 Å². The molecule has 2 unspecified atom stereocenters. The topological polar surface area (TPSA) is 12.0 Å². The van der Waals surface area contributed by atoms with Crippen LogP contribution in [0.1, 0.15) is 28.3 Å². The molecule has 0 aromatic heterocycles. The molecule has 1 aliphatic rings. The third-order valence-corrected chi connectivity index (χ3v) is 4.40. The van der Waals surface area contributed by atoms with Crippen molar-refractivity contribution >= 4 is 0 Å². The summed E-state index contributed by atoms with van der Waals surface area (Å²) in [6, 6.07) is 18.1. The quantitative estimate of drug-likeness (QED) is 0.877. The van der Waals surface area contributed by atoms with E-state index in [4.69, 9.17) is 0 Å². The van der Waals surface area contributed by atoms with Gasteiger partial charge in [-0.2, -0.15) is 0 Å². The molecule has 0 radical (unpaired) electrons. The van der Waals surface area contributed by atoms with Gasteiger partial charge in [0.25, 0.3) is 0 Å². The highest BCUT2D eigenvalue weighted by Gasteiger charge is 2.31. The summed E-state index contributed by atoms with van der Waals surface area (Å²) in [4.78, 5) is 0. The summed E-state index contributed by atoms with van der Waals surface area (Å²) >= 11 is 0. The molecule has 0 spiro atoms. The molecular weight excluding hydrogens is 230 g/mol. The van der Waals surface area contributed by atoms with Crippen LogP contribution in [0.5, 0.6) is 0 Å². The highest BCUT2D eigenvalue weighted by atomic mass is 14.9. The summed E-state index contributed by atoms with van der Waals surface area (Å²) in [5.41, 5.74) is 5.90. The molecule has 3 rings (SSSR count).